The minimum Gasteiger partial charge on any atom is -0.478 e. The molecule has 0 unspecified atom stereocenters. The third-order valence-electron chi connectivity index (χ3n) is 11.9. The third-order valence-corrected chi connectivity index (χ3v) is 11.9. The summed E-state index contributed by atoms with van der Waals surface area (Å²) in [7, 11) is 1.11. The van der Waals surface area contributed by atoms with Crippen LogP contribution in [0.5, 0.6) is 5.75 Å². The zero-order valence-corrected chi connectivity index (χ0v) is 26.4. The monoisotopic (exact) mass is 676 g/mol. The molecule has 0 amide bonds. The fourth-order valence-electron chi connectivity index (χ4n) is 9.82. The van der Waals surface area contributed by atoms with Gasteiger partial charge in [-0.3, -0.25) is 4.79 Å². The predicted octanol–water partition coefficient (Wildman–Crippen LogP) is -1.80. The van der Waals surface area contributed by atoms with Crippen LogP contribution in [0.2, 0.25) is 0 Å². The van der Waals surface area contributed by atoms with Crippen LogP contribution in [0.15, 0.2) is 42.2 Å². The van der Waals surface area contributed by atoms with Crippen LogP contribution in [0.3, 0.4) is 0 Å². The van der Waals surface area contributed by atoms with E-state index in [2.05, 4.69) is 0 Å². The van der Waals surface area contributed by atoms with Crippen molar-refractivity contribution in [3.63, 3.8) is 0 Å². The summed E-state index contributed by atoms with van der Waals surface area (Å²) in [6.07, 6.45) is -12.6. The van der Waals surface area contributed by atoms with E-state index >= 15 is 0 Å². The molecule has 0 radical (unpaired) electrons. The summed E-state index contributed by atoms with van der Waals surface area (Å²) in [6.45, 7) is 2.47. The SMILES string of the molecule is COC(=O)[C@@]12OC[C@@]34[C@H](C[C@H]5[C@@H](C)C(=O)C(O[C@H]6O[C@@H](CO)[C@@H](O)[C@H](O)[C@H]6O)=C[C@]5(C)[C@H]3[C@@H](O)[C@@H]1O)OC(=O)[C@@H](Oc1ccccc1)[C@@H]24. The number of carbonyl (C=O) groups is 3. The molecule has 2 bridgehead atoms. The van der Waals surface area contributed by atoms with E-state index in [1.165, 1.54) is 6.08 Å². The molecule has 5 fully saturated rings. The van der Waals surface area contributed by atoms with E-state index in [1.807, 2.05) is 0 Å². The Morgan fingerprint density at radius 2 is 1.69 bits per heavy atom. The Morgan fingerprint density at radius 3 is 2.35 bits per heavy atom. The number of allylic oxidation sites excluding steroid dienone is 2. The van der Waals surface area contributed by atoms with Crippen molar-refractivity contribution < 1.29 is 73.4 Å². The van der Waals surface area contributed by atoms with Crippen molar-refractivity contribution in [2.75, 3.05) is 20.3 Å². The summed E-state index contributed by atoms with van der Waals surface area (Å²) in [6, 6.07) is 8.39. The molecule has 15 nitrogen and oxygen atoms in total. The molecule has 3 aliphatic carbocycles. The molecule has 2 saturated carbocycles. The number of benzene rings is 1. The maximum Gasteiger partial charge on any atom is 0.348 e. The number of carbonyl (C=O) groups excluding carboxylic acids is 3. The van der Waals surface area contributed by atoms with Gasteiger partial charge in [0.25, 0.3) is 0 Å². The minimum absolute atomic E-state index is 0.119. The standard InChI is InChI=1S/C33H40O15/c1-13-15-9-18-32-12-44-33(30(42)43-3,26(32)24(28(41)48-18)45-14-7-5-4-6-8-14)27(40)23(39)25(32)31(15,2)10-16(19(13)35)46-29-22(38)21(37)20(36)17(11-34)47-29/h4-8,10,13,15,17-18,20-27,29,34,36-40H,9,11-12H2,1-3H3/t13-,15+,17+,18+,20-,21+,22-,23-,24+,25-,26-,27+,29+,31+,32-,33+/m1/s1. The highest BCUT2D eigenvalue weighted by atomic mass is 16.7. The molecule has 262 valence electrons. The largest absolute Gasteiger partial charge is 0.478 e. The van der Waals surface area contributed by atoms with E-state index in [9.17, 15) is 45.0 Å². The molecule has 15 heteroatoms. The molecule has 7 rings (SSSR count). The Morgan fingerprint density at radius 1 is 0.979 bits per heavy atom. The van der Waals surface area contributed by atoms with Gasteiger partial charge in [0.15, 0.2) is 11.5 Å². The van der Waals surface area contributed by atoms with Crippen LogP contribution in [0, 0.1) is 34.5 Å². The third kappa shape index (κ3) is 4.25. The van der Waals surface area contributed by atoms with Gasteiger partial charge in [-0.15, -0.1) is 0 Å². The summed E-state index contributed by atoms with van der Waals surface area (Å²) >= 11 is 0. The molecule has 6 N–H and O–H groups in total. The number of esters is 2. The Kier molecular flexibility index (Phi) is 7.96. The highest BCUT2D eigenvalue weighted by Crippen LogP contribution is 2.72. The van der Waals surface area contributed by atoms with Gasteiger partial charge in [-0.25, -0.2) is 9.59 Å². The van der Waals surface area contributed by atoms with Crippen LogP contribution < -0.4 is 4.74 Å². The predicted molar refractivity (Wildman–Crippen MR) is 156 cm³/mol. The van der Waals surface area contributed by atoms with Crippen LogP contribution >= 0.6 is 0 Å². The maximum atomic E-state index is 13.8. The Bertz CT molecular complexity index is 1500. The first-order valence-corrected chi connectivity index (χ1v) is 16.0. The molecule has 3 heterocycles. The number of ether oxygens (including phenoxy) is 6. The highest BCUT2D eigenvalue weighted by Gasteiger charge is 2.85. The van der Waals surface area contributed by atoms with Crippen molar-refractivity contribution in [3.05, 3.63) is 42.2 Å². The number of fused-ring (bicyclic) bond motifs is 2. The van der Waals surface area contributed by atoms with Gasteiger partial charge in [-0.1, -0.05) is 32.0 Å². The summed E-state index contributed by atoms with van der Waals surface area (Å²) in [5.41, 5.74) is -4.75. The summed E-state index contributed by atoms with van der Waals surface area (Å²) in [5, 5.41) is 64.8. The smallest absolute Gasteiger partial charge is 0.348 e. The number of Topliss-reactive ketones (excluding diaryl/α,β-unsaturated/α-hetero) is 1. The van der Waals surface area contributed by atoms with Crippen molar-refractivity contribution in [1.82, 2.24) is 0 Å². The second kappa shape index (κ2) is 11.5. The van der Waals surface area contributed by atoms with Crippen molar-refractivity contribution >= 4 is 17.7 Å². The van der Waals surface area contributed by atoms with E-state index < -0.39 is 120 Å². The number of para-hydroxylation sites is 1. The summed E-state index contributed by atoms with van der Waals surface area (Å²) in [4.78, 5) is 41.3. The molecule has 3 aliphatic heterocycles. The first kappa shape index (κ1) is 33.4. The first-order valence-electron chi connectivity index (χ1n) is 16.0. The van der Waals surface area contributed by atoms with Crippen LogP contribution in [-0.2, 0) is 38.1 Å². The Labute approximate surface area is 274 Å². The quantitative estimate of drug-likeness (QED) is 0.183. The van der Waals surface area contributed by atoms with Crippen LogP contribution in [0.4, 0.5) is 0 Å². The molecule has 3 saturated heterocycles. The van der Waals surface area contributed by atoms with Gasteiger partial charge in [0.2, 0.25) is 18.0 Å². The van der Waals surface area contributed by atoms with Gasteiger partial charge in [0.1, 0.15) is 42.4 Å². The van der Waals surface area contributed by atoms with Crippen LogP contribution in [-0.4, -0.2) is 129 Å². The number of hydrogen-bond acceptors (Lipinski definition) is 15. The van der Waals surface area contributed by atoms with E-state index in [1.54, 1.807) is 44.2 Å². The summed E-state index contributed by atoms with van der Waals surface area (Å²) < 4.78 is 35.0. The van der Waals surface area contributed by atoms with Crippen LogP contribution in [0.25, 0.3) is 0 Å². The average molecular weight is 677 g/mol. The highest BCUT2D eigenvalue weighted by molar-refractivity contribution is 5.96. The number of aliphatic hydroxyl groups is 6. The minimum atomic E-state index is -2.21. The normalized spacial score (nSPS) is 49.2. The second-order valence-electron chi connectivity index (χ2n) is 14.0. The lowest BCUT2D eigenvalue weighted by molar-refractivity contribution is -0.295. The van der Waals surface area contributed by atoms with E-state index in [0.717, 1.165) is 7.11 Å². The lowest BCUT2D eigenvalue weighted by atomic mass is 9.38. The lowest BCUT2D eigenvalue weighted by Crippen LogP contribution is -2.79. The molecular weight excluding hydrogens is 636 g/mol. The molecule has 6 aliphatic rings. The fourth-order valence-corrected chi connectivity index (χ4v) is 9.82. The summed E-state index contributed by atoms with van der Waals surface area (Å²) in [5.74, 6) is -5.91. The Hall–Kier alpha value is -3.15. The maximum absolute atomic E-state index is 13.8. The van der Waals surface area contributed by atoms with Gasteiger partial charge in [0, 0.05) is 17.3 Å². The van der Waals surface area contributed by atoms with Crippen molar-refractivity contribution in [1.29, 1.82) is 0 Å². The number of rotatable bonds is 6. The number of aliphatic hydroxyl groups excluding tert-OH is 6. The number of methoxy groups -OCH3 is 1. The first-order chi connectivity index (χ1) is 22.8. The molecule has 48 heavy (non-hydrogen) atoms. The second-order valence-corrected chi connectivity index (χ2v) is 14.0. The van der Waals surface area contributed by atoms with Gasteiger partial charge in [-0.2, -0.15) is 0 Å². The van der Waals surface area contributed by atoms with Crippen LogP contribution in [0.1, 0.15) is 20.3 Å². The van der Waals surface area contributed by atoms with Crippen molar-refractivity contribution in [2.45, 2.75) is 81.0 Å². The zero-order chi connectivity index (χ0) is 34.5. The Balaban J connectivity index is 1.35. The molecule has 1 aromatic rings. The van der Waals surface area contributed by atoms with Crippen molar-refractivity contribution in [3.8, 4) is 5.75 Å². The number of ketones is 1. The van der Waals surface area contributed by atoms with Gasteiger partial charge >= 0.3 is 11.9 Å². The molecular formula is C33H40O15. The zero-order valence-electron chi connectivity index (χ0n) is 26.4. The van der Waals surface area contributed by atoms with Gasteiger partial charge in [0.05, 0.1) is 32.3 Å². The average Bonchev–Trinajstić information content (AvgIpc) is 3.38. The molecule has 1 spiro atoms. The molecule has 0 aromatic heterocycles. The van der Waals surface area contributed by atoms with E-state index in [-0.39, 0.29) is 24.5 Å². The van der Waals surface area contributed by atoms with E-state index in [0.29, 0.717) is 0 Å². The molecule has 1 aromatic carbocycles. The van der Waals surface area contributed by atoms with Crippen molar-refractivity contribution in [2.24, 2.45) is 34.5 Å². The van der Waals surface area contributed by atoms with Gasteiger partial charge in [-0.05, 0) is 36.0 Å². The number of hydrogen-bond donors (Lipinski definition) is 6. The molecule has 16 atom stereocenters. The lowest BCUT2D eigenvalue weighted by Gasteiger charge is -2.67. The topological polar surface area (TPSA) is 228 Å². The fraction of sp³-hybridized carbons (Fsp3) is 0.667. The van der Waals surface area contributed by atoms with Gasteiger partial charge < -0.3 is 59.1 Å². The van der Waals surface area contributed by atoms with E-state index in [4.69, 9.17) is 28.4 Å².